The smallest absolute Gasteiger partial charge is 0.251 e. The van der Waals surface area contributed by atoms with Crippen molar-refractivity contribution >= 4 is 17.9 Å². The Balaban J connectivity index is 1.51. The number of fused-ring (bicyclic) bond motifs is 1. The van der Waals surface area contributed by atoms with Crippen LogP contribution in [0, 0.1) is 25.7 Å². The molecule has 3 atom stereocenters. The predicted octanol–water partition coefficient (Wildman–Crippen LogP) is 7.94. The summed E-state index contributed by atoms with van der Waals surface area (Å²) in [5.74, 6) is 1.12. The molecule has 3 nitrogen and oxygen atoms in total. The van der Waals surface area contributed by atoms with E-state index in [9.17, 15) is 4.79 Å². The maximum atomic E-state index is 13.5. The summed E-state index contributed by atoms with van der Waals surface area (Å²) in [6.07, 6.45) is 16.7. The van der Waals surface area contributed by atoms with Crippen molar-refractivity contribution in [1.82, 2.24) is 9.62 Å². The molecule has 0 radical (unpaired) electrons. The van der Waals surface area contributed by atoms with E-state index in [0.717, 1.165) is 36.4 Å². The number of hydrogen-bond acceptors (Lipinski definition) is 3. The van der Waals surface area contributed by atoms with E-state index in [1.54, 1.807) is 0 Å². The average Bonchev–Trinajstić information content (AvgIpc) is 2.86. The maximum Gasteiger partial charge on any atom is 0.251 e. The van der Waals surface area contributed by atoms with Gasteiger partial charge in [0.25, 0.3) is 5.91 Å². The van der Waals surface area contributed by atoms with Crippen LogP contribution >= 0.6 is 11.9 Å². The lowest BCUT2D eigenvalue weighted by molar-refractivity contribution is 0.0893. The van der Waals surface area contributed by atoms with Gasteiger partial charge in [0.15, 0.2) is 0 Å². The van der Waals surface area contributed by atoms with E-state index in [-0.39, 0.29) is 17.4 Å². The van der Waals surface area contributed by atoms with Crippen LogP contribution < -0.4 is 5.32 Å². The summed E-state index contributed by atoms with van der Waals surface area (Å²) in [7, 11) is 0. The first-order valence-electron chi connectivity index (χ1n) is 13.6. The van der Waals surface area contributed by atoms with E-state index in [1.807, 2.05) is 11.9 Å². The molecule has 4 heteroatoms. The number of carbonyl (C=O) groups is 1. The van der Waals surface area contributed by atoms with Crippen molar-refractivity contribution < 1.29 is 4.79 Å². The number of rotatable bonds is 7. The summed E-state index contributed by atoms with van der Waals surface area (Å²) < 4.78 is 2.64. The Hall–Kier alpha value is -1.78. The molecular weight excluding hydrogens is 448 g/mol. The largest absolute Gasteiger partial charge is 0.347 e. The zero-order chi connectivity index (χ0) is 25.2. The number of allylic oxidation sites excluding steroid dienone is 4. The minimum Gasteiger partial charge on any atom is -0.347 e. The second-order valence-electron chi connectivity index (χ2n) is 11.4. The second kappa shape index (κ2) is 11.1. The SMILES string of the molecule is C=C(CC)C1=CC(C(C)(C)NC(=O)c2cc(C)c(C)c(SN3CCCC4CCCCC43)c2)CC=C1. The Morgan fingerprint density at radius 1 is 1.17 bits per heavy atom. The molecule has 1 saturated heterocycles. The van der Waals surface area contributed by atoms with Crippen LogP contribution in [0.2, 0.25) is 0 Å². The number of carbonyl (C=O) groups excluding carboxylic acids is 1. The van der Waals surface area contributed by atoms with E-state index in [1.165, 1.54) is 60.1 Å². The fourth-order valence-corrected chi connectivity index (χ4v) is 7.32. The first-order chi connectivity index (χ1) is 16.7. The monoisotopic (exact) mass is 492 g/mol. The second-order valence-corrected chi connectivity index (χ2v) is 12.5. The Morgan fingerprint density at radius 3 is 2.69 bits per heavy atom. The number of nitrogens with zero attached hydrogens (tertiary/aromatic N) is 1. The molecule has 4 rings (SSSR count). The van der Waals surface area contributed by atoms with E-state index in [2.05, 4.69) is 81.2 Å². The molecule has 0 aromatic heterocycles. The molecular formula is C31H44N2OS. The fraction of sp³-hybridized carbons (Fsp3) is 0.581. The zero-order valence-electron chi connectivity index (χ0n) is 22.5. The van der Waals surface area contributed by atoms with Crippen molar-refractivity contribution in [3.8, 4) is 0 Å². The highest BCUT2D eigenvalue weighted by atomic mass is 32.2. The first kappa shape index (κ1) is 26.3. The van der Waals surface area contributed by atoms with Crippen LogP contribution in [0.25, 0.3) is 0 Å². The number of piperidine rings is 1. The summed E-state index contributed by atoms with van der Waals surface area (Å²) in [6, 6.07) is 4.88. The van der Waals surface area contributed by atoms with Crippen LogP contribution in [0.4, 0.5) is 0 Å². The summed E-state index contributed by atoms with van der Waals surface area (Å²) in [5.41, 5.74) is 5.27. The highest BCUT2D eigenvalue weighted by Crippen LogP contribution is 2.41. The number of amides is 1. The molecule has 1 aliphatic heterocycles. The van der Waals surface area contributed by atoms with Gasteiger partial charge in [-0.2, -0.15) is 0 Å². The Morgan fingerprint density at radius 2 is 1.91 bits per heavy atom. The summed E-state index contributed by atoms with van der Waals surface area (Å²) >= 11 is 1.90. The third-order valence-corrected chi connectivity index (χ3v) is 9.86. The number of aryl methyl sites for hydroxylation is 1. The molecule has 1 N–H and O–H groups in total. The molecule has 2 fully saturated rings. The minimum absolute atomic E-state index is 0.0213. The van der Waals surface area contributed by atoms with Gasteiger partial charge in [-0.25, -0.2) is 4.31 Å². The fourth-order valence-electron chi connectivity index (χ4n) is 5.95. The predicted molar refractivity (Wildman–Crippen MR) is 150 cm³/mol. The highest BCUT2D eigenvalue weighted by Gasteiger charge is 2.34. The molecule has 3 unspecified atom stereocenters. The van der Waals surface area contributed by atoms with Gasteiger partial charge in [-0.05, 0) is 118 Å². The van der Waals surface area contributed by atoms with Crippen LogP contribution in [0.3, 0.4) is 0 Å². The lowest BCUT2D eigenvalue weighted by Gasteiger charge is -2.43. The van der Waals surface area contributed by atoms with Gasteiger partial charge in [-0.1, -0.05) is 44.6 Å². The topological polar surface area (TPSA) is 32.3 Å². The van der Waals surface area contributed by atoms with E-state index >= 15 is 0 Å². The lowest BCUT2D eigenvalue weighted by atomic mass is 9.79. The maximum absolute atomic E-state index is 13.5. The van der Waals surface area contributed by atoms with Gasteiger partial charge < -0.3 is 5.32 Å². The molecule has 2 aliphatic carbocycles. The van der Waals surface area contributed by atoms with Gasteiger partial charge in [0.05, 0.1) is 0 Å². The molecule has 35 heavy (non-hydrogen) atoms. The minimum atomic E-state index is -0.352. The summed E-state index contributed by atoms with van der Waals surface area (Å²) in [4.78, 5) is 14.8. The van der Waals surface area contributed by atoms with E-state index < -0.39 is 0 Å². The molecule has 1 aromatic carbocycles. The third-order valence-electron chi connectivity index (χ3n) is 8.56. The van der Waals surface area contributed by atoms with Gasteiger partial charge in [-0.3, -0.25) is 4.79 Å². The molecule has 1 heterocycles. The molecule has 1 amide bonds. The Bertz CT molecular complexity index is 1020. The number of hydrogen-bond donors (Lipinski definition) is 1. The van der Waals surface area contributed by atoms with Crippen molar-refractivity contribution in [3.63, 3.8) is 0 Å². The van der Waals surface area contributed by atoms with Crippen molar-refractivity contribution in [2.45, 2.75) is 102 Å². The Labute approximate surface area is 217 Å². The standard InChI is InChI=1S/C31H44N2OS/c1-7-21(2)25-13-10-15-27(19-25)31(5,6)32-30(34)26-18-22(3)23(4)29(20-26)35-33-17-11-14-24-12-8-9-16-28(24)33/h10,13,18-20,24,27-28H,2,7-9,11-12,14-17H2,1,3-6H3,(H,32,34). The van der Waals surface area contributed by atoms with E-state index in [4.69, 9.17) is 0 Å². The molecule has 1 aromatic rings. The molecule has 190 valence electrons. The average molecular weight is 493 g/mol. The molecule has 0 bridgehead atoms. The van der Waals surface area contributed by atoms with Crippen LogP contribution in [-0.2, 0) is 0 Å². The van der Waals surface area contributed by atoms with Gasteiger partial charge >= 0.3 is 0 Å². The van der Waals surface area contributed by atoms with Crippen molar-refractivity contribution in [2.24, 2.45) is 11.8 Å². The van der Waals surface area contributed by atoms with Gasteiger partial charge in [0.2, 0.25) is 0 Å². The highest BCUT2D eigenvalue weighted by molar-refractivity contribution is 7.97. The molecule has 0 spiro atoms. The van der Waals surface area contributed by atoms with Crippen LogP contribution in [0.5, 0.6) is 0 Å². The lowest BCUT2D eigenvalue weighted by Crippen LogP contribution is -2.49. The van der Waals surface area contributed by atoms with Crippen LogP contribution in [0.1, 0.15) is 93.6 Å². The van der Waals surface area contributed by atoms with Gasteiger partial charge in [0.1, 0.15) is 0 Å². The normalized spacial score (nSPS) is 25.1. The Kier molecular flexibility index (Phi) is 8.33. The number of nitrogens with one attached hydrogen (secondary N) is 1. The molecule has 1 saturated carbocycles. The van der Waals surface area contributed by atoms with Gasteiger partial charge in [-0.15, -0.1) is 0 Å². The summed E-state index contributed by atoms with van der Waals surface area (Å²) in [5, 5.41) is 3.37. The zero-order valence-corrected chi connectivity index (χ0v) is 23.3. The third kappa shape index (κ3) is 5.97. The molecule has 3 aliphatic rings. The first-order valence-corrected chi connectivity index (χ1v) is 14.4. The van der Waals surface area contributed by atoms with Crippen molar-refractivity contribution in [1.29, 1.82) is 0 Å². The van der Waals surface area contributed by atoms with Gasteiger partial charge in [0, 0.05) is 34.5 Å². The number of benzene rings is 1. The van der Waals surface area contributed by atoms with Crippen LogP contribution in [0.15, 0.2) is 53.0 Å². The van der Waals surface area contributed by atoms with Crippen molar-refractivity contribution in [2.75, 3.05) is 6.54 Å². The van der Waals surface area contributed by atoms with E-state index in [0.29, 0.717) is 6.04 Å². The van der Waals surface area contributed by atoms with Crippen molar-refractivity contribution in [3.05, 3.63) is 64.8 Å². The summed E-state index contributed by atoms with van der Waals surface area (Å²) in [6.45, 7) is 16.1. The van der Waals surface area contributed by atoms with Crippen LogP contribution in [-0.4, -0.2) is 28.3 Å². The quantitative estimate of drug-likeness (QED) is 0.392.